The van der Waals surface area contributed by atoms with E-state index in [9.17, 15) is 0 Å². The Morgan fingerprint density at radius 3 is 1.06 bits per heavy atom. The van der Waals surface area contributed by atoms with Gasteiger partial charge < -0.3 is 51.8 Å². The van der Waals surface area contributed by atoms with Crippen molar-refractivity contribution >= 4 is 14.6 Å². The quantitative estimate of drug-likeness (QED) is 0.212. The van der Waals surface area contributed by atoms with Gasteiger partial charge in [-0.1, -0.05) is 0 Å². The first-order valence-electron chi connectivity index (χ1n) is 4.43. The second kappa shape index (κ2) is 24.8. The summed E-state index contributed by atoms with van der Waals surface area (Å²) in [6.45, 7) is 2.49. The van der Waals surface area contributed by atoms with Gasteiger partial charge >= 0.3 is 14.6 Å². The first-order chi connectivity index (χ1) is 7.65. The van der Waals surface area contributed by atoms with Crippen LogP contribution in [0.25, 0.3) is 0 Å². The van der Waals surface area contributed by atoms with Crippen molar-refractivity contribution in [2.24, 2.45) is 11.5 Å². The van der Waals surface area contributed by atoms with E-state index >= 15 is 0 Å². The van der Waals surface area contributed by atoms with Crippen LogP contribution < -0.4 is 11.5 Å². The molecule has 1 atom stereocenters. The van der Waals surface area contributed by atoms with Crippen molar-refractivity contribution in [2.75, 3.05) is 19.7 Å². The summed E-state index contributed by atoms with van der Waals surface area (Å²) in [5.41, 5.74) is 9.70. The van der Waals surface area contributed by atoms with Gasteiger partial charge in [-0.25, -0.2) is 0 Å². The topological polar surface area (TPSA) is 214 Å². The van der Waals surface area contributed by atoms with Crippen LogP contribution in [0.4, 0.5) is 0 Å². The van der Waals surface area contributed by atoms with Crippen LogP contribution in [0.2, 0.25) is 0 Å². The fourth-order valence-corrected chi connectivity index (χ4v) is 0. The third-order valence-corrected chi connectivity index (χ3v) is 0.470. The Morgan fingerprint density at radius 1 is 0.941 bits per heavy atom. The third kappa shape index (κ3) is 398. The molecule has 0 aromatic carbocycles. The molecule has 10 nitrogen and oxygen atoms in total. The van der Waals surface area contributed by atoms with Crippen molar-refractivity contribution in [3.8, 4) is 0 Å². The maximum absolute atomic E-state index is 8.24. The highest BCUT2D eigenvalue weighted by Crippen LogP contribution is 1.65. The van der Waals surface area contributed by atoms with E-state index in [0.717, 1.165) is 0 Å². The van der Waals surface area contributed by atoms with E-state index in [4.69, 9.17) is 51.8 Å². The van der Waals surface area contributed by atoms with E-state index in [1.807, 2.05) is 0 Å². The zero-order valence-corrected chi connectivity index (χ0v) is 9.59. The van der Waals surface area contributed by atoms with Crippen molar-refractivity contribution in [2.45, 2.75) is 13.0 Å². The normalized spacial score (nSPS) is 9.35. The minimum atomic E-state index is -2.17. The predicted molar refractivity (Wildman–Crippen MR) is 61.7 cm³/mol. The summed E-state index contributed by atoms with van der Waals surface area (Å²) < 4.78 is 0. The standard InChI is InChI=1S/C3H9NO.C2H7NO.2BH3O3/c1-3(5)2-4;3-1-2-4;2*2-1(3)4/h3,5H,2,4H2,1H3;4H,1-3H2;2*2-4H. The predicted octanol–water partition coefficient (Wildman–Crippen LogP) is -5.84. The van der Waals surface area contributed by atoms with E-state index in [0.29, 0.717) is 13.1 Å². The van der Waals surface area contributed by atoms with Gasteiger partial charge in [0.2, 0.25) is 0 Å². The van der Waals surface area contributed by atoms with Crippen molar-refractivity contribution < 1.29 is 40.4 Å². The van der Waals surface area contributed by atoms with Crippen molar-refractivity contribution in [1.82, 2.24) is 0 Å². The molecule has 106 valence electrons. The second-order valence-electron chi connectivity index (χ2n) is 2.29. The molecule has 0 saturated heterocycles. The number of hydrogen-bond donors (Lipinski definition) is 10. The van der Waals surface area contributed by atoms with Gasteiger partial charge in [-0.15, -0.1) is 0 Å². The van der Waals surface area contributed by atoms with Gasteiger partial charge in [-0.05, 0) is 6.92 Å². The Hall–Kier alpha value is -0.270. The van der Waals surface area contributed by atoms with E-state index in [1.54, 1.807) is 6.92 Å². The van der Waals surface area contributed by atoms with Crippen molar-refractivity contribution in [1.29, 1.82) is 0 Å². The van der Waals surface area contributed by atoms with Gasteiger partial charge in [0.1, 0.15) is 0 Å². The molecule has 1 unspecified atom stereocenters. The van der Waals surface area contributed by atoms with E-state index in [1.165, 1.54) is 0 Å². The smallest absolute Gasteiger partial charge is 0.402 e. The first-order valence-corrected chi connectivity index (χ1v) is 4.43. The molecule has 0 bridgehead atoms. The van der Waals surface area contributed by atoms with Crippen LogP contribution >= 0.6 is 0 Å². The van der Waals surface area contributed by atoms with Crippen LogP contribution in [0, 0.1) is 0 Å². The molecule has 0 heterocycles. The van der Waals surface area contributed by atoms with Gasteiger partial charge in [0.25, 0.3) is 0 Å². The summed E-state index contributed by atoms with van der Waals surface area (Å²) in [6, 6.07) is 0. The zero-order valence-electron chi connectivity index (χ0n) is 9.59. The average molecular weight is 260 g/mol. The number of hydrogen-bond acceptors (Lipinski definition) is 10. The molecule has 0 aliphatic heterocycles. The van der Waals surface area contributed by atoms with Gasteiger partial charge in [0.15, 0.2) is 0 Å². The highest BCUT2D eigenvalue weighted by molar-refractivity contribution is 6.30. The Labute approximate surface area is 100 Å². The lowest BCUT2D eigenvalue weighted by molar-refractivity contribution is 0.203. The molecule has 0 amide bonds. The molecule has 0 fully saturated rings. The molecule has 0 aliphatic rings. The van der Waals surface area contributed by atoms with Crippen molar-refractivity contribution in [3.63, 3.8) is 0 Å². The second-order valence-corrected chi connectivity index (χ2v) is 2.29. The van der Waals surface area contributed by atoms with Crippen LogP contribution in [0.5, 0.6) is 0 Å². The maximum Gasteiger partial charge on any atom is 0.631 e. The zero-order chi connectivity index (χ0) is 14.9. The van der Waals surface area contributed by atoms with Gasteiger partial charge in [-0.2, -0.15) is 0 Å². The minimum Gasteiger partial charge on any atom is -0.402 e. The lowest BCUT2D eigenvalue weighted by atomic mass is 10.3. The minimum absolute atomic E-state index is 0.0972. The number of aliphatic hydroxyl groups is 2. The van der Waals surface area contributed by atoms with Crippen LogP contribution in [0.3, 0.4) is 0 Å². The molecule has 0 spiro atoms. The highest BCUT2D eigenvalue weighted by atomic mass is 16.5. The molecule has 17 heavy (non-hydrogen) atoms. The lowest BCUT2D eigenvalue weighted by Crippen LogP contribution is -2.14. The fourth-order valence-electron chi connectivity index (χ4n) is 0. The molecule has 0 saturated carbocycles. The molecule has 12 N–H and O–H groups in total. The Kier molecular flexibility index (Phi) is 37.3. The molecule has 0 rings (SSSR count). The van der Waals surface area contributed by atoms with Crippen molar-refractivity contribution in [3.05, 3.63) is 0 Å². The third-order valence-electron chi connectivity index (χ3n) is 0.470. The molecular formula is C5H22B2N2O8. The van der Waals surface area contributed by atoms with E-state index in [-0.39, 0.29) is 12.7 Å². The van der Waals surface area contributed by atoms with Crippen LogP contribution in [0.15, 0.2) is 0 Å². The summed E-state index contributed by atoms with van der Waals surface area (Å²) in [4.78, 5) is 0. The van der Waals surface area contributed by atoms with Crippen LogP contribution in [0.1, 0.15) is 6.92 Å². The maximum atomic E-state index is 8.24. The highest BCUT2D eigenvalue weighted by Gasteiger charge is 1.93. The average Bonchev–Trinajstić information content (AvgIpc) is 2.16. The first kappa shape index (κ1) is 25.5. The SMILES string of the molecule is CC(O)CN.NCCO.OB(O)O.OB(O)O. The molecule has 0 aliphatic carbocycles. The molecule has 0 radical (unpaired) electrons. The number of aliphatic hydroxyl groups excluding tert-OH is 2. The molecule has 0 aromatic rings. The Bertz CT molecular complexity index is 96.4. The van der Waals surface area contributed by atoms with E-state index < -0.39 is 14.6 Å². The largest absolute Gasteiger partial charge is 0.631 e. The van der Waals surface area contributed by atoms with Gasteiger partial charge in [-0.3, -0.25) is 0 Å². The molecule has 0 aromatic heterocycles. The van der Waals surface area contributed by atoms with E-state index in [2.05, 4.69) is 0 Å². The Balaban J connectivity index is -0.0000000667. The van der Waals surface area contributed by atoms with Gasteiger partial charge in [0, 0.05) is 13.1 Å². The summed E-state index contributed by atoms with van der Waals surface area (Å²) in [6.07, 6.45) is -0.338. The monoisotopic (exact) mass is 260 g/mol. The fraction of sp³-hybridized carbons (Fsp3) is 1.00. The lowest BCUT2D eigenvalue weighted by Gasteiger charge is -1.91. The Morgan fingerprint density at radius 2 is 1.06 bits per heavy atom. The summed E-state index contributed by atoms with van der Waals surface area (Å²) >= 11 is 0. The molecule has 12 heteroatoms. The van der Waals surface area contributed by atoms with Crippen LogP contribution in [-0.4, -0.2) is 80.8 Å². The molecular weight excluding hydrogens is 238 g/mol. The van der Waals surface area contributed by atoms with Crippen LogP contribution in [-0.2, 0) is 0 Å². The number of rotatable bonds is 2. The van der Waals surface area contributed by atoms with Gasteiger partial charge in [0.05, 0.1) is 12.7 Å². The summed E-state index contributed by atoms with van der Waals surface area (Å²) in [5.74, 6) is 0. The summed E-state index contributed by atoms with van der Waals surface area (Å²) in [7, 11) is -4.33. The summed E-state index contributed by atoms with van der Waals surface area (Å²) in [5, 5.41) is 59.0. The number of nitrogens with two attached hydrogens (primary N) is 2.